The summed E-state index contributed by atoms with van der Waals surface area (Å²) in [5.74, 6) is 1.86. The highest BCUT2D eigenvalue weighted by atomic mass is 16.3. The maximum Gasteiger partial charge on any atom is 0.323 e. The van der Waals surface area contributed by atoms with Crippen LogP contribution in [0, 0.1) is 20.8 Å². The number of aromatic nitrogens is 2. The lowest BCUT2D eigenvalue weighted by Crippen LogP contribution is -2.19. The Morgan fingerprint density at radius 1 is 0.833 bits per heavy atom. The minimum Gasteiger partial charge on any atom is -0.508 e. The van der Waals surface area contributed by atoms with Gasteiger partial charge in [0.2, 0.25) is 0 Å². The molecule has 0 saturated heterocycles. The molecule has 36 heavy (non-hydrogen) atoms. The number of fused-ring (bicyclic) bond motifs is 1. The van der Waals surface area contributed by atoms with Gasteiger partial charge in [-0.2, -0.15) is 0 Å². The van der Waals surface area contributed by atoms with Crippen molar-refractivity contribution in [2.24, 2.45) is 0 Å². The molecule has 0 aliphatic carbocycles. The molecule has 188 valence electrons. The van der Waals surface area contributed by atoms with Crippen LogP contribution in [0.1, 0.15) is 17.1 Å². The zero-order valence-corrected chi connectivity index (χ0v) is 20.8. The first-order valence-corrected chi connectivity index (χ1v) is 10.8. The standard InChI is InChI=1S/C18H16N2O2.C7H11N3.2CH2O/c1-12-5-8-14(9-6-12)19-18(22)20-17-4-2-3-13-7-10-15(21)11-16(13)17;1-5-4-7(8-3)10-6(2)9-5;2*1-2/h2-11,21H,1H3,(H2,19,20,22);4H,1-3H3,(H,8,9,10);2*1H2. The maximum atomic E-state index is 12.1. The first-order valence-electron chi connectivity index (χ1n) is 10.8. The summed E-state index contributed by atoms with van der Waals surface area (Å²) in [6, 6.07) is 19.8. The Kier molecular flexibility index (Phi) is 12.3. The average molecular weight is 490 g/mol. The Morgan fingerprint density at radius 2 is 1.50 bits per heavy atom. The fourth-order valence-electron chi connectivity index (χ4n) is 3.14. The molecule has 0 aliphatic heterocycles. The fraction of sp³-hybridized carbons (Fsp3) is 0.148. The molecule has 3 aromatic carbocycles. The van der Waals surface area contributed by atoms with Gasteiger partial charge in [0.25, 0.3) is 0 Å². The van der Waals surface area contributed by atoms with Gasteiger partial charge in [-0.05, 0) is 56.5 Å². The monoisotopic (exact) mass is 489 g/mol. The van der Waals surface area contributed by atoms with E-state index in [2.05, 4.69) is 25.9 Å². The lowest BCUT2D eigenvalue weighted by molar-refractivity contribution is -0.0987. The summed E-state index contributed by atoms with van der Waals surface area (Å²) < 4.78 is 0. The van der Waals surface area contributed by atoms with Crippen LogP contribution < -0.4 is 16.0 Å². The molecule has 4 aromatic rings. The van der Waals surface area contributed by atoms with E-state index < -0.39 is 0 Å². The molecule has 1 aromatic heterocycles. The first-order chi connectivity index (χ1) is 17.3. The van der Waals surface area contributed by atoms with Gasteiger partial charge < -0.3 is 30.6 Å². The van der Waals surface area contributed by atoms with Gasteiger partial charge in [0.1, 0.15) is 31.0 Å². The van der Waals surface area contributed by atoms with Gasteiger partial charge in [0, 0.05) is 29.9 Å². The van der Waals surface area contributed by atoms with Crippen molar-refractivity contribution in [3.8, 4) is 5.75 Å². The van der Waals surface area contributed by atoms with Crippen LogP contribution >= 0.6 is 0 Å². The topological polar surface area (TPSA) is 133 Å². The van der Waals surface area contributed by atoms with Crippen molar-refractivity contribution in [1.29, 1.82) is 0 Å². The third kappa shape index (κ3) is 9.22. The highest BCUT2D eigenvalue weighted by Crippen LogP contribution is 2.27. The molecule has 0 fully saturated rings. The van der Waals surface area contributed by atoms with E-state index in [9.17, 15) is 9.90 Å². The van der Waals surface area contributed by atoms with Gasteiger partial charge in [-0.3, -0.25) is 0 Å². The number of benzene rings is 3. The molecule has 0 radical (unpaired) electrons. The van der Waals surface area contributed by atoms with Gasteiger partial charge in [-0.1, -0.05) is 35.9 Å². The summed E-state index contributed by atoms with van der Waals surface area (Å²) in [6.07, 6.45) is 0. The van der Waals surface area contributed by atoms with E-state index in [0.29, 0.717) is 5.69 Å². The second-order valence-electron chi connectivity index (χ2n) is 7.35. The molecule has 1 heterocycles. The number of phenolic OH excluding ortho intramolecular Hbond substituents is 1. The summed E-state index contributed by atoms with van der Waals surface area (Å²) in [6.45, 7) is 9.83. The number of carbonyl (C=O) groups is 3. The molecule has 4 N–H and O–H groups in total. The number of aryl methyl sites for hydroxylation is 3. The minimum absolute atomic E-state index is 0.167. The van der Waals surface area contributed by atoms with Gasteiger partial charge in [-0.25, -0.2) is 14.8 Å². The SMILES string of the molecule is C=O.C=O.CNc1cc(C)nc(C)n1.Cc1ccc(NC(=O)Nc2cccc3ccc(O)cc23)cc1. The maximum absolute atomic E-state index is 12.1. The van der Waals surface area contributed by atoms with Crippen LogP contribution in [0.3, 0.4) is 0 Å². The van der Waals surface area contributed by atoms with E-state index in [1.165, 1.54) is 0 Å². The fourth-order valence-corrected chi connectivity index (χ4v) is 3.14. The number of urea groups is 1. The van der Waals surface area contributed by atoms with Crippen LogP contribution in [0.4, 0.5) is 22.0 Å². The molecule has 0 saturated carbocycles. The molecule has 0 spiro atoms. The minimum atomic E-state index is -0.320. The van der Waals surface area contributed by atoms with Crippen LogP contribution in [0.15, 0.2) is 66.7 Å². The highest BCUT2D eigenvalue weighted by Gasteiger charge is 2.06. The normalized spacial score (nSPS) is 9.22. The average Bonchev–Trinajstić information content (AvgIpc) is 2.88. The zero-order valence-electron chi connectivity index (χ0n) is 20.8. The van der Waals surface area contributed by atoms with E-state index >= 15 is 0 Å². The molecule has 0 atom stereocenters. The second kappa shape index (κ2) is 15.2. The van der Waals surface area contributed by atoms with E-state index in [-0.39, 0.29) is 11.8 Å². The highest BCUT2D eigenvalue weighted by molar-refractivity contribution is 6.06. The van der Waals surface area contributed by atoms with Crippen molar-refractivity contribution < 1.29 is 19.5 Å². The number of aromatic hydroxyl groups is 1. The number of phenols is 1. The molecule has 9 heteroatoms. The van der Waals surface area contributed by atoms with Crippen molar-refractivity contribution in [2.45, 2.75) is 20.8 Å². The van der Waals surface area contributed by atoms with E-state index in [4.69, 9.17) is 9.59 Å². The summed E-state index contributed by atoms with van der Waals surface area (Å²) in [5.41, 5.74) is 3.51. The molecule has 0 bridgehead atoms. The summed E-state index contributed by atoms with van der Waals surface area (Å²) in [7, 11) is 1.85. The van der Waals surface area contributed by atoms with Crippen LogP contribution in [0.5, 0.6) is 5.75 Å². The summed E-state index contributed by atoms with van der Waals surface area (Å²) in [4.78, 5) is 36.4. The van der Waals surface area contributed by atoms with Crippen molar-refractivity contribution in [3.05, 3.63) is 83.8 Å². The number of rotatable bonds is 3. The van der Waals surface area contributed by atoms with E-state index in [1.807, 2.05) is 89.9 Å². The number of anilines is 3. The number of carbonyl (C=O) groups excluding carboxylic acids is 3. The van der Waals surface area contributed by atoms with Crippen LogP contribution in [0.25, 0.3) is 10.8 Å². The first kappa shape index (κ1) is 29.2. The molecule has 2 amide bonds. The Labute approximate surface area is 210 Å². The molecule has 9 nitrogen and oxygen atoms in total. The van der Waals surface area contributed by atoms with Crippen molar-refractivity contribution in [1.82, 2.24) is 9.97 Å². The number of hydrogen-bond acceptors (Lipinski definition) is 7. The Hall–Kier alpha value is -4.79. The number of nitrogens with one attached hydrogen (secondary N) is 3. The van der Waals surface area contributed by atoms with Gasteiger partial charge in [0.15, 0.2) is 0 Å². The Balaban J connectivity index is 0.000000388. The number of hydrogen-bond donors (Lipinski definition) is 4. The van der Waals surface area contributed by atoms with Crippen LogP contribution in [-0.4, -0.2) is 41.7 Å². The Morgan fingerprint density at radius 3 is 2.11 bits per heavy atom. The van der Waals surface area contributed by atoms with Gasteiger partial charge in [0.05, 0.1) is 5.69 Å². The predicted molar refractivity (Wildman–Crippen MR) is 145 cm³/mol. The van der Waals surface area contributed by atoms with Crippen LogP contribution in [0.2, 0.25) is 0 Å². The lowest BCUT2D eigenvalue weighted by atomic mass is 10.1. The van der Waals surface area contributed by atoms with E-state index in [0.717, 1.165) is 39.4 Å². The zero-order chi connectivity index (χ0) is 27.1. The van der Waals surface area contributed by atoms with Gasteiger partial charge in [-0.15, -0.1) is 0 Å². The summed E-state index contributed by atoms with van der Waals surface area (Å²) in [5, 5.41) is 19.9. The summed E-state index contributed by atoms with van der Waals surface area (Å²) >= 11 is 0. The molecule has 0 aliphatic rings. The van der Waals surface area contributed by atoms with Crippen molar-refractivity contribution in [3.63, 3.8) is 0 Å². The largest absolute Gasteiger partial charge is 0.508 e. The van der Waals surface area contributed by atoms with Crippen LogP contribution in [-0.2, 0) is 9.59 Å². The van der Waals surface area contributed by atoms with Crippen molar-refractivity contribution in [2.75, 3.05) is 23.0 Å². The molecule has 4 rings (SSSR count). The second-order valence-corrected chi connectivity index (χ2v) is 7.35. The number of amides is 2. The molecular formula is C27H31N5O4. The lowest BCUT2D eigenvalue weighted by Gasteiger charge is -2.10. The molecular weight excluding hydrogens is 458 g/mol. The smallest absolute Gasteiger partial charge is 0.323 e. The van der Waals surface area contributed by atoms with Crippen molar-refractivity contribution >= 4 is 47.6 Å². The Bertz CT molecular complexity index is 1240. The number of nitrogens with zero attached hydrogens (tertiary/aromatic N) is 2. The van der Waals surface area contributed by atoms with Gasteiger partial charge >= 0.3 is 6.03 Å². The quantitative estimate of drug-likeness (QED) is 0.308. The predicted octanol–water partition coefficient (Wildman–Crippen LogP) is 5.26. The van der Waals surface area contributed by atoms with E-state index in [1.54, 1.807) is 18.2 Å². The molecule has 0 unspecified atom stereocenters. The third-order valence-electron chi connectivity index (χ3n) is 4.65. The third-order valence-corrected chi connectivity index (χ3v) is 4.65.